The van der Waals surface area contributed by atoms with Crippen molar-refractivity contribution in [1.29, 1.82) is 0 Å². The number of esters is 1. The van der Waals surface area contributed by atoms with Gasteiger partial charge in [-0.15, -0.1) is 0 Å². The minimum atomic E-state index is -0.135. The summed E-state index contributed by atoms with van der Waals surface area (Å²) in [4.78, 5) is 14.1. The van der Waals surface area contributed by atoms with Crippen molar-refractivity contribution in [3.05, 3.63) is 35.9 Å². The molecule has 1 fully saturated rings. The van der Waals surface area contributed by atoms with Gasteiger partial charge < -0.3 is 9.47 Å². The molecule has 0 aromatic heterocycles. The highest BCUT2D eigenvalue weighted by Gasteiger charge is 2.35. The number of nitrogens with zero attached hydrogens (tertiary/aromatic N) is 1. The van der Waals surface area contributed by atoms with E-state index in [0.717, 1.165) is 18.5 Å². The van der Waals surface area contributed by atoms with Crippen LogP contribution in [0.2, 0.25) is 0 Å². The summed E-state index contributed by atoms with van der Waals surface area (Å²) in [5.74, 6) is 0.286. The molecular formula is C15H21NO3. The molecule has 1 aromatic carbocycles. The molecule has 104 valence electrons. The maximum absolute atomic E-state index is 12.1. The van der Waals surface area contributed by atoms with Gasteiger partial charge >= 0.3 is 5.97 Å². The number of benzene rings is 1. The van der Waals surface area contributed by atoms with Crippen LogP contribution in [0.1, 0.15) is 12.0 Å². The van der Waals surface area contributed by atoms with Crippen molar-refractivity contribution in [3.63, 3.8) is 0 Å². The van der Waals surface area contributed by atoms with E-state index < -0.39 is 0 Å². The lowest BCUT2D eigenvalue weighted by molar-refractivity contribution is -0.149. The third-order valence-corrected chi connectivity index (χ3v) is 3.53. The van der Waals surface area contributed by atoms with Crippen LogP contribution in [0.25, 0.3) is 0 Å². The Kier molecular flexibility index (Phi) is 4.93. The average molecular weight is 263 g/mol. The fraction of sp³-hybridized carbons (Fsp3) is 0.533. The third kappa shape index (κ3) is 3.78. The number of methoxy groups -OCH3 is 1. The van der Waals surface area contributed by atoms with Crippen LogP contribution in [0.5, 0.6) is 0 Å². The van der Waals surface area contributed by atoms with E-state index in [1.54, 1.807) is 7.11 Å². The Morgan fingerprint density at radius 1 is 1.37 bits per heavy atom. The number of hydrogen-bond donors (Lipinski definition) is 0. The molecular weight excluding hydrogens is 242 g/mol. The second kappa shape index (κ2) is 6.68. The Bertz CT molecular complexity index is 407. The van der Waals surface area contributed by atoms with E-state index in [1.165, 1.54) is 0 Å². The molecule has 0 aliphatic carbocycles. The molecule has 4 heteroatoms. The molecule has 0 radical (unpaired) electrons. The number of likely N-dealkylation sites (N-methyl/N-ethyl adjacent to an activating group) is 1. The molecule has 0 spiro atoms. The molecule has 2 atom stereocenters. The van der Waals surface area contributed by atoms with Gasteiger partial charge in [0.25, 0.3) is 0 Å². The van der Waals surface area contributed by atoms with Crippen molar-refractivity contribution in [3.8, 4) is 0 Å². The van der Waals surface area contributed by atoms with Crippen LogP contribution >= 0.6 is 0 Å². The van der Waals surface area contributed by atoms with Crippen LogP contribution in [0.3, 0.4) is 0 Å². The highest BCUT2D eigenvalue weighted by atomic mass is 16.5. The monoisotopic (exact) mass is 263 g/mol. The number of carbonyl (C=O) groups is 1. The van der Waals surface area contributed by atoms with Crippen molar-refractivity contribution in [2.45, 2.75) is 19.1 Å². The molecule has 1 aliphatic rings. The smallest absolute Gasteiger partial charge is 0.323 e. The molecule has 0 bridgehead atoms. The maximum atomic E-state index is 12.1. The van der Waals surface area contributed by atoms with Crippen LogP contribution < -0.4 is 0 Å². The van der Waals surface area contributed by atoms with E-state index in [4.69, 9.17) is 9.47 Å². The van der Waals surface area contributed by atoms with E-state index in [0.29, 0.717) is 19.1 Å². The van der Waals surface area contributed by atoms with Crippen LogP contribution in [-0.4, -0.2) is 44.2 Å². The number of hydrogen-bond acceptors (Lipinski definition) is 4. The topological polar surface area (TPSA) is 38.8 Å². The Labute approximate surface area is 114 Å². The summed E-state index contributed by atoms with van der Waals surface area (Å²) in [5, 5.41) is 0. The van der Waals surface area contributed by atoms with Gasteiger partial charge in [-0.05, 0) is 24.9 Å². The highest BCUT2D eigenvalue weighted by molar-refractivity contribution is 5.76. The summed E-state index contributed by atoms with van der Waals surface area (Å²) in [7, 11) is 3.66. The minimum absolute atomic E-state index is 0.134. The van der Waals surface area contributed by atoms with Gasteiger partial charge in [-0.25, -0.2) is 0 Å². The molecule has 19 heavy (non-hydrogen) atoms. The summed E-state index contributed by atoms with van der Waals surface area (Å²) in [6.07, 6.45) is 0.817. The fourth-order valence-electron chi connectivity index (χ4n) is 2.56. The zero-order valence-corrected chi connectivity index (χ0v) is 11.5. The Morgan fingerprint density at radius 3 is 2.79 bits per heavy atom. The van der Waals surface area contributed by atoms with Crippen molar-refractivity contribution in [1.82, 2.24) is 4.90 Å². The molecule has 2 unspecified atom stereocenters. The quantitative estimate of drug-likeness (QED) is 0.758. The van der Waals surface area contributed by atoms with Crippen LogP contribution in [-0.2, 0) is 20.9 Å². The van der Waals surface area contributed by atoms with E-state index in [2.05, 4.69) is 4.90 Å². The second-order valence-electron chi connectivity index (χ2n) is 5.11. The zero-order valence-electron chi connectivity index (χ0n) is 11.5. The highest BCUT2D eigenvalue weighted by Crippen LogP contribution is 2.23. The molecule has 1 saturated heterocycles. The van der Waals surface area contributed by atoms with Gasteiger partial charge in [0.2, 0.25) is 0 Å². The molecule has 0 N–H and O–H groups in total. The fourth-order valence-corrected chi connectivity index (χ4v) is 2.56. The summed E-state index contributed by atoms with van der Waals surface area (Å²) in [5.41, 5.74) is 1.02. The molecule has 1 heterocycles. The van der Waals surface area contributed by atoms with Gasteiger partial charge in [-0.2, -0.15) is 0 Å². The van der Waals surface area contributed by atoms with Gasteiger partial charge in [-0.1, -0.05) is 30.3 Å². The van der Waals surface area contributed by atoms with Crippen molar-refractivity contribution in [2.75, 3.05) is 27.3 Å². The molecule has 0 amide bonds. The Morgan fingerprint density at radius 2 is 2.11 bits per heavy atom. The first-order valence-corrected chi connectivity index (χ1v) is 6.60. The molecule has 0 saturated carbocycles. The lowest BCUT2D eigenvalue weighted by Gasteiger charge is -2.17. The number of carbonyl (C=O) groups excluding carboxylic acids is 1. The van der Waals surface area contributed by atoms with Crippen molar-refractivity contribution in [2.24, 2.45) is 5.92 Å². The van der Waals surface area contributed by atoms with Crippen LogP contribution in [0.15, 0.2) is 30.3 Å². The van der Waals surface area contributed by atoms with E-state index >= 15 is 0 Å². The number of likely N-dealkylation sites (tertiary alicyclic amines) is 1. The van der Waals surface area contributed by atoms with Crippen molar-refractivity contribution >= 4 is 5.97 Å². The Balaban J connectivity index is 1.83. The van der Waals surface area contributed by atoms with E-state index in [1.807, 2.05) is 37.4 Å². The lowest BCUT2D eigenvalue weighted by Crippen LogP contribution is -2.34. The summed E-state index contributed by atoms with van der Waals surface area (Å²) < 4.78 is 10.5. The summed E-state index contributed by atoms with van der Waals surface area (Å²) in [6.45, 7) is 1.94. The number of ether oxygens (including phenoxy) is 2. The molecule has 1 aromatic rings. The van der Waals surface area contributed by atoms with Gasteiger partial charge in [0.05, 0.1) is 6.61 Å². The molecule has 4 nitrogen and oxygen atoms in total. The molecule has 2 rings (SSSR count). The first-order chi connectivity index (χ1) is 9.20. The van der Waals surface area contributed by atoms with Gasteiger partial charge in [0.15, 0.2) is 0 Å². The summed E-state index contributed by atoms with van der Waals surface area (Å²) in [6, 6.07) is 9.62. The first kappa shape index (κ1) is 14.0. The standard InChI is InChI=1S/C15H21NO3/c1-16-9-13(10-18-2)8-14(16)15(17)19-11-12-6-4-3-5-7-12/h3-7,13-14H,8-11H2,1-2H3. The third-order valence-electron chi connectivity index (χ3n) is 3.53. The van der Waals surface area contributed by atoms with Crippen molar-refractivity contribution < 1.29 is 14.3 Å². The van der Waals surface area contributed by atoms with E-state index in [-0.39, 0.29) is 12.0 Å². The SMILES string of the molecule is COCC1CC(C(=O)OCc2ccccc2)N(C)C1. The van der Waals surface area contributed by atoms with Crippen LogP contribution in [0.4, 0.5) is 0 Å². The normalized spacial score (nSPS) is 23.5. The second-order valence-corrected chi connectivity index (χ2v) is 5.11. The van der Waals surface area contributed by atoms with Gasteiger partial charge in [0, 0.05) is 13.7 Å². The first-order valence-electron chi connectivity index (χ1n) is 6.60. The zero-order chi connectivity index (χ0) is 13.7. The largest absolute Gasteiger partial charge is 0.460 e. The lowest BCUT2D eigenvalue weighted by atomic mass is 10.1. The number of rotatable bonds is 5. The minimum Gasteiger partial charge on any atom is -0.460 e. The van der Waals surface area contributed by atoms with E-state index in [9.17, 15) is 4.79 Å². The van der Waals surface area contributed by atoms with Gasteiger partial charge in [0.1, 0.15) is 12.6 Å². The van der Waals surface area contributed by atoms with Gasteiger partial charge in [-0.3, -0.25) is 9.69 Å². The van der Waals surface area contributed by atoms with Crippen LogP contribution in [0, 0.1) is 5.92 Å². The Hall–Kier alpha value is -1.39. The average Bonchev–Trinajstić information content (AvgIpc) is 2.79. The summed E-state index contributed by atoms with van der Waals surface area (Å²) >= 11 is 0. The predicted molar refractivity (Wildman–Crippen MR) is 72.6 cm³/mol. The maximum Gasteiger partial charge on any atom is 0.323 e. The molecule has 1 aliphatic heterocycles. The predicted octanol–water partition coefficient (Wildman–Crippen LogP) is 1.70.